The highest BCUT2D eigenvalue weighted by Gasteiger charge is 2.25. The highest BCUT2D eigenvalue weighted by molar-refractivity contribution is 6.76. The second-order valence-electron chi connectivity index (χ2n) is 9.38. The van der Waals surface area contributed by atoms with E-state index in [-0.39, 0.29) is 23.6 Å². The van der Waals surface area contributed by atoms with Gasteiger partial charge >= 0.3 is 0 Å². The Morgan fingerprint density at radius 3 is 2.56 bits per heavy atom. The molecule has 0 atom stereocenters. The van der Waals surface area contributed by atoms with Gasteiger partial charge in [0.15, 0.2) is 0 Å². The molecule has 5 nitrogen and oxygen atoms in total. The molecule has 34 heavy (non-hydrogen) atoms. The molecule has 1 N–H and O–H groups in total. The van der Waals surface area contributed by atoms with E-state index in [4.69, 9.17) is 9.47 Å². The molecule has 0 unspecified atom stereocenters. The van der Waals surface area contributed by atoms with Crippen LogP contribution in [0.5, 0.6) is 11.5 Å². The Labute approximate surface area is 198 Å². The van der Waals surface area contributed by atoms with Gasteiger partial charge < -0.3 is 19.1 Å². The molecule has 2 heterocycles. The number of rotatable bonds is 8. The number of aromatic nitrogens is 2. The van der Waals surface area contributed by atoms with Gasteiger partial charge in [0, 0.05) is 43.0 Å². The Kier molecular flexibility index (Phi) is 6.72. The number of pyridine rings is 1. The summed E-state index contributed by atoms with van der Waals surface area (Å²) < 4.78 is 42.6. The molecule has 0 radical (unpaired) electrons. The van der Waals surface area contributed by atoms with E-state index in [9.17, 15) is 9.50 Å². The average molecular weight is 483 g/mol. The van der Waals surface area contributed by atoms with Crippen molar-refractivity contribution in [2.45, 2.75) is 32.4 Å². The molecule has 0 bridgehead atoms. The molecule has 0 saturated carbocycles. The number of methoxy groups -OCH3 is 1. The van der Waals surface area contributed by atoms with Crippen LogP contribution in [0.15, 0.2) is 54.7 Å². The predicted molar refractivity (Wildman–Crippen MR) is 133 cm³/mol. The van der Waals surface area contributed by atoms with E-state index < -0.39 is 19.7 Å². The van der Waals surface area contributed by atoms with Crippen LogP contribution in [0.4, 0.5) is 8.78 Å². The summed E-state index contributed by atoms with van der Waals surface area (Å²) in [5.74, 6) is -0.645. The quantitative estimate of drug-likeness (QED) is 0.225. The zero-order valence-corrected chi connectivity index (χ0v) is 20.7. The van der Waals surface area contributed by atoms with Gasteiger partial charge in [-0.2, -0.15) is 0 Å². The number of halogens is 2. The van der Waals surface area contributed by atoms with Crippen molar-refractivity contribution in [1.29, 1.82) is 0 Å². The summed E-state index contributed by atoms with van der Waals surface area (Å²) in [6, 6.07) is 12.7. The number of hydrogen-bond donors (Lipinski definition) is 1. The second-order valence-corrected chi connectivity index (χ2v) is 15.0. The number of ether oxygens (including phenoxy) is 2. The fourth-order valence-electron chi connectivity index (χ4n) is 3.91. The molecule has 0 spiro atoms. The van der Waals surface area contributed by atoms with Crippen LogP contribution in [0, 0.1) is 11.6 Å². The van der Waals surface area contributed by atoms with Crippen molar-refractivity contribution in [2.75, 3.05) is 13.7 Å². The number of fused-ring (bicyclic) bond motifs is 1. The van der Waals surface area contributed by atoms with E-state index >= 15 is 4.39 Å². The smallest absolute Gasteiger partial charge is 0.142 e. The Morgan fingerprint density at radius 1 is 1.03 bits per heavy atom. The van der Waals surface area contributed by atoms with E-state index in [2.05, 4.69) is 24.6 Å². The van der Waals surface area contributed by atoms with Gasteiger partial charge in [-0.05, 0) is 54.6 Å². The van der Waals surface area contributed by atoms with Gasteiger partial charge in [0.2, 0.25) is 0 Å². The highest BCUT2D eigenvalue weighted by Crippen LogP contribution is 2.44. The zero-order valence-electron chi connectivity index (χ0n) is 19.7. The Balaban J connectivity index is 1.98. The number of phenols is 1. The lowest BCUT2D eigenvalue weighted by Gasteiger charge is -2.17. The van der Waals surface area contributed by atoms with Gasteiger partial charge in [-0.3, -0.25) is 0 Å². The second kappa shape index (κ2) is 9.56. The van der Waals surface area contributed by atoms with Gasteiger partial charge in [-0.1, -0.05) is 19.6 Å². The summed E-state index contributed by atoms with van der Waals surface area (Å²) in [6.45, 7) is 7.48. The predicted octanol–water partition coefficient (Wildman–Crippen LogP) is 6.68. The van der Waals surface area contributed by atoms with Gasteiger partial charge in [0.1, 0.15) is 35.5 Å². The van der Waals surface area contributed by atoms with E-state index in [1.54, 1.807) is 22.9 Å². The van der Waals surface area contributed by atoms with Crippen molar-refractivity contribution >= 4 is 19.1 Å². The maximum atomic E-state index is 15.2. The van der Waals surface area contributed by atoms with Crippen molar-refractivity contribution in [3.05, 3.63) is 66.4 Å². The molecule has 0 amide bonds. The monoisotopic (exact) mass is 482 g/mol. The number of hydrogen-bond acceptors (Lipinski definition) is 4. The van der Waals surface area contributed by atoms with Crippen molar-refractivity contribution in [3.8, 4) is 33.9 Å². The lowest BCUT2D eigenvalue weighted by atomic mass is 9.97. The third kappa shape index (κ3) is 4.83. The number of phenolic OH excluding ortho intramolecular Hbond substituents is 1. The maximum absolute atomic E-state index is 15.2. The minimum Gasteiger partial charge on any atom is -0.507 e. The lowest BCUT2D eigenvalue weighted by Crippen LogP contribution is -2.22. The Hall–Kier alpha value is -3.23. The molecule has 4 rings (SSSR count). The third-order valence-corrected chi connectivity index (χ3v) is 7.40. The van der Waals surface area contributed by atoms with Crippen molar-refractivity contribution in [2.24, 2.45) is 0 Å². The first-order chi connectivity index (χ1) is 16.2. The minimum atomic E-state index is -1.31. The van der Waals surface area contributed by atoms with Crippen LogP contribution in [-0.4, -0.2) is 36.4 Å². The topological polar surface area (TPSA) is 56.5 Å². The average Bonchev–Trinajstić information content (AvgIpc) is 3.12. The largest absolute Gasteiger partial charge is 0.507 e. The van der Waals surface area contributed by atoms with E-state index in [1.165, 1.54) is 37.4 Å². The highest BCUT2D eigenvalue weighted by atomic mass is 28.3. The zero-order chi connectivity index (χ0) is 24.5. The van der Waals surface area contributed by atoms with Crippen molar-refractivity contribution in [3.63, 3.8) is 0 Å². The van der Waals surface area contributed by atoms with Gasteiger partial charge in [0.25, 0.3) is 0 Å². The molecule has 4 aromatic rings. The first-order valence-electron chi connectivity index (χ1n) is 11.1. The fourth-order valence-corrected chi connectivity index (χ4v) is 4.67. The van der Waals surface area contributed by atoms with Crippen LogP contribution in [-0.2, 0) is 11.5 Å². The third-order valence-electron chi connectivity index (χ3n) is 5.69. The first kappa shape index (κ1) is 23.9. The summed E-state index contributed by atoms with van der Waals surface area (Å²) >= 11 is 0. The van der Waals surface area contributed by atoms with E-state index in [0.29, 0.717) is 34.6 Å². The molecule has 0 fully saturated rings. The summed E-state index contributed by atoms with van der Waals surface area (Å²) in [5.41, 5.74) is 1.94. The SMILES string of the molecule is COc1ccc(F)c(-c2c(-c3cc(F)ccc3O)n(COCC[Si](C)(C)C)c3ncccc23)c1. The summed E-state index contributed by atoms with van der Waals surface area (Å²) in [5, 5.41) is 11.4. The van der Waals surface area contributed by atoms with Gasteiger partial charge in [-0.25, -0.2) is 13.8 Å². The molecule has 0 aliphatic carbocycles. The molecule has 2 aromatic heterocycles. The van der Waals surface area contributed by atoms with Crippen molar-refractivity contribution in [1.82, 2.24) is 9.55 Å². The lowest BCUT2D eigenvalue weighted by molar-refractivity contribution is 0.0909. The van der Waals surface area contributed by atoms with Crippen molar-refractivity contribution < 1.29 is 23.4 Å². The minimum absolute atomic E-state index is 0.120. The van der Waals surface area contributed by atoms with Gasteiger partial charge in [0.05, 0.1) is 12.8 Å². The Morgan fingerprint density at radius 2 is 1.82 bits per heavy atom. The first-order valence-corrected chi connectivity index (χ1v) is 14.8. The standard InChI is InChI=1S/C26H28F2N2O3Si/c1-32-18-8-9-22(28)20(15-18)24-19-6-5-11-29-26(19)30(16-33-12-13-34(2,3)4)25(24)21-14-17(27)7-10-23(21)31/h5-11,14-15,31H,12-13,16H2,1-4H3. The Bertz CT molecular complexity index is 1330. The molecule has 178 valence electrons. The number of benzene rings is 2. The summed E-state index contributed by atoms with van der Waals surface area (Å²) in [4.78, 5) is 4.53. The fraction of sp³-hybridized carbons (Fsp3) is 0.269. The molecule has 8 heteroatoms. The summed E-state index contributed by atoms with van der Waals surface area (Å²) in [6.07, 6.45) is 1.64. The van der Waals surface area contributed by atoms with Crippen LogP contribution in [0.1, 0.15) is 0 Å². The van der Waals surface area contributed by atoms with E-state index in [1.807, 2.05) is 6.07 Å². The molecule has 2 aromatic carbocycles. The van der Waals surface area contributed by atoms with Gasteiger partial charge in [-0.15, -0.1) is 0 Å². The molecular weight excluding hydrogens is 454 g/mol. The number of nitrogens with zero attached hydrogens (tertiary/aromatic N) is 2. The van der Waals surface area contributed by atoms with Crippen LogP contribution >= 0.6 is 0 Å². The van der Waals surface area contributed by atoms with Crippen LogP contribution in [0.25, 0.3) is 33.4 Å². The van der Waals surface area contributed by atoms with Crippen LogP contribution < -0.4 is 4.74 Å². The normalized spacial score (nSPS) is 11.8. The van der Waals surface area contributed by atoms with Crippen LogP contribution in [0.3, 0.4) is 0 Å². The molecule has 0 aliphatic rings. The molecule has 0 saturated heterocycles. The molecule has 0 aliphatic heterocycles. The number of aromatic hydroxyl groups is 1. The van der Waals surface area contributed by atoms with Crippen LogP contribution in [0.2, 0.25) is 25.7 Å². The molecular formula is C26H28F2N2O3Si. The maximum Gasteiger partial charge on any atom is 0.142 e. The summed E-state index contributed by atoms with van der Waals surface area (Å²) in [7, 11) is 0.196. The van der Waals surface area contributed by atoms with E-state index in [0.717, 1.165) is 6.04 Å².